The summed E-state index contributed by atoms with van der Waals surface area (Å²) in [7, 11) is -3.74. The molecule has 1 amide bonds. The van der Waals surface area contributed by atoms with E-state index in [2.05, 4.69) is 10.0 Å². The topological polar surface area (TPSA) is 102 Å². The van der Waals surface area contributed by atoms with E-state index in [0.717, 1.165) is 0 Å². The van der Waals surface area contributed by atoms with Gasteiger partial charge >= 0.3 is 0 Å². The summed E-state index contributed by atoms with van der Waals surface area (Å²) in [5.41, 5.74) is 1.81. The number of hydrogen-bond acceptors (Lipinski definition) is 4. The van der Waals surface area contributed by atoms with E-state index in [1.54, 1.807) is 43.3 Å². The Morgan fingerprint density at radius 3 is 2.33 bits per heavy atom. The maximum Gasteiger partial charge on any atom is 0.261 e. The fraction of sp³-hybridized carbons (Fsp3) is 0.0526. The number of hydrogen-bond donors (Lipinski definition) is 2. The van der Waals surface area contributed by atoms with Crippen LogP contribution in [0.25, 0.3) is 0 Å². The van der Waals surface area contributed by atoms with Gasteiger partial charge in [0.25, 0.3) is 15.9 Å². The third-order valence-electron chi connectivity index (χ3n) is 3.86. The normalized spacial score (nSPS) is 11.0. The second-order valence-electron chi connectivity index (χ2n) is 5.85. The van der Waals surface area contributed by atoms with E-state index in [1.807, 2.05) is 0 Å². The van der Waals surface area contributed by atoms with Gasteiger partial charge in [0.05, 0.1) is 16.1 Å². The van der Waals surface area contributed by atoms with Gasteiger partial charge in [0.15, 0.2) is 12.4 Å². The number of pyridine rings is 1. The van der Waals surface area contributed by atoms with Crippen LogP contribution in [0, 0.1) is 12.1 Å². The molecule has 0 aliphatic rings. The minimum atomic E-state index is -3.74. The monoisotopic (exact) mass is 383 g/mol. The highest BCUT2D eigenvalue weighted by atomic mass is 32.2. The average molecular weight is 383 g/mol. The third-order valence-corrected chi connectivity index (χ3v) is 5.24. The lowest BCUT2D eigenvalue weighted by molar-refractivity contribution is -0.605. The SMILES string of the molecule is Cc1ccc(NC(=O)c2cc[n+]([O-])cc2)cc1NS(=O)(=O)c1ccccc1. The van der Waals surface area contributed by atoms with E-state index in [-0.39, 0.29) is 4.90 Å². The molecule has 8 heteroatoms. The van der Waals surface area contributed by atoms with Crippen molar-refractivity contribution in [2.45, 2.75) is 11.8 Å². The molecular weight excluding hydrogens is 366 g/mol. The van der Waals surface area contributed by atoms with Crippen LogP contribution in [0.1, 0.15) is 15.9 Å². The van der Waals surface area contributed by atoms with Crippen LogP contribution in [-0.2, 0) is 10.0 Å². The molecule has 0 bridgehead atoms. The molecule has 3 aromatic rings. The standard InChI is InChI=1S/C19H17N3O4S/c1-14-7-8-16(20-19(23)15-9-11-22(24)12-10-15)13-18(14)21-27(25,26)17-5-3-2-4-6-17/h2-13,21H,1H3,(H,20,23). The predicted molar refractivity (Wildman–Crippen MR) is 102 cm³/mol. The average Bonchev–Trinajstić information content (AvgIpc) is 2.65. The highest BCUT2D eigenvalue weighted by Crippen LogP contribution is 2.24. The van der Waals surface area contributed by atoms with Gasteiger partial charge < -0.3 is 10.5 Å². The van der Waals surface area contributed by atoms with E-state index in [4.69, 9.17) is 0 Å². The van der Waals surface area contributed by atoms with Gasteiger partial charge in [-0.3, -0.25) is 9.52 Å². The molecule has 0 fully saturated rings. The van der Waals surface area contributed by atoms with E-state index < -0.39 is 15.9 Å². The predicted octanol–water partition coefficient (Wildman–Crippen LogP) is 2.68. The first kappa shape index (κ1) is 18.4. The minimum absolute atomic E-state index is 0.147. The van der Waals surface area contributed by atoms with Crippen molar-refractivity contribution < 1.29 is 17.9 Å². The number of nitrogens with one attached hydrogen (secondary N) is 2. The molecule has 0 aliphatic carbocycles. The molecular formula is C19H17N3O4S. The molecule has 1 aromatic heterocycles. The highest BCUT2D eigenvalue weighted by molar-refractivity contribution is 7.92. The number of rotatable bonds is 5. The summed E-state index contributed by atoms with van der Waals surface area (Å²) >= 11 is 0. The van der Waals surface area contributed by atoms with E-state index >= 15 is 0 Å². The molecule has 7 nitrogen and oxygen atoms in total. The van der Waals surface area contributed by atoms with Crippen LogP contribution in [0.3, 0.4) is 0 Å². The van der Waals surface area contributed by atoms with Crippen molar-refractivity contribution in [2.24, 2.45) is 0 Å². The molecule has 2 aromatic carbocycles. The minimum Gasteiger partial charge on any atom is -0.619 e. The lowest BCUT2D eigenvalue weighted by atomic mass is 10.2. The van der Waals surface area contributed by atoms with Gasteiger partial charge in [-0.25, -0.2) is 8.42 Å². The quantitative estimate of drug-likeness (QED) is 0.522. The van der Waals surface area contributed by atoms with Gasteiger partial charge in [0.1, 0.15) is 0 Å². The highest BCUT2D eigenvalue weighted by Gasteiger charge is 2.15. The van der Waals surface area contributed by atoms with Gasteiger partial charge in [0.2, 0.25) is 0 Å². The van der Waals surface area contributed by atoms with Crippen LogP contribution >= 0.6 is 0 Å². The first-order valence-electron chi connectivity index (χ1n) is 8.04. The Labute approximate surface area is 156 Å². The van der Waals surface area contributed by atoms with Crippen molar-refractivity contribution in [3.05, 3.63) is 89.4 Å². The van der Waals surface area contributed by atoms with Crippen molar-refractivity contribution in [3.63, 3.8) is 0 Å². The fourth-order valence-electron chi connectivity index (χ4n) is 2.38. The Hall–Kier alpha value is -3.39. The van der Waals surface area contributed by atoms with Gasteiger partial charge in [-0.05, 0) is 36.8 Å². The Balaban J connectivity index is 1.82. The lowest BCUT2D eigenvalue weighted by Crippen LogP contribution is -2.25. The molecule has 0 saturated heterocycles. The summed E-state index contributed by atoms with van der Waals surface area (Å²) in [4.78, 5) is 12.4. The first-order chi connectivity index (χ1) is 12.8. The maximum absolute atomic E-state index is 12.5. The zero-order chi connectivity index (χ0) is 19.4. The number of anilines is 2. The number of amides is 1. The molecule has 0 spiro atoms. The van der Waals surface area contributed by atoms with Crippen LogP contribution in [0.4, 0.5) is 11.4 Å². The van der Waals surface area contributed by atoms with Crippen LogP contribution in [0.2, 0.25) is 0 Å². The smallest absolute Gasteiger partial charge is 0.261 e. The lowest BCUT2D eigenvalue weighted by Gasteiger charge is -2.13. The van der Waals surface area contributed by atoms with Crippen LogP contribution in [0.5, 0.6) is 0 Å². The third kappa shape index (κ3) is 4.42. The van der Waals surface area contributed by atoms with Crippen LogP contribution in [0.15, 0.2) is 78.0 Å². The molecule has 0 aliphatic heterocycles. The summed E-state index contributed by atoms with van der Waals surface area (Å²) < 4.78 is 28.1. The van der Waals surface area contributed by atoms with Gasteiger partial charge in [-0.2, -0.15) is 4.73 Å². The molecule has 1 heterocycles. The second-order valence-corrected chi connectivity index (χ2v) is 7.53. The molecule has 2 N–H and O–H groups in total. The number of carbonyl (C=O) groups excluding carboxylic acids is 1. The second kappa shape index (κ2) is 7.46. The van der Waals surface area contributed by atoms with Gasteiger partial charge in [-0.1, -0.05) is 24.3 Å². The molecule has 0 radical (unpaired) electrons. The van der Waals surface area contributed by atoms with Crippen molar-refractivity contribution >= 4 is 27.3 Å². The van der Waals surface area contributed by atoms with Crippen molar-refractivity contribution in [3.8, 4) is 0 Å². The van der Waals surface area contributed by atoms with E-state index in [0.29, 0.717) is 27.2 Å². The Bertz CT molecular complexity index is 1070. The zero-order valence-corrected chi connectivity index (χ0v) is 15.2. The summed E-state index contributed by atoms with van der Waals surface area (Å²) in [5.74, 6) is -0.406. The first-order valence-corrected chi connectivity index (χ1v) is 9.52. The van der Waals surface area contributed by atoms with Gasteiger partial charge in [0, 0.05) is 17.8 Å². The van der Waals surface area contributed by atoms with Crippen LogP contribution in [-0.4, -0.2) is 14.3 Å². The largest absolute Gasteiger partial charge is 0.619 e. The van der Waals surface area contributed by atoms with Crippen molar-refractivity contribution in [2.75, 3.05) is 10.0 Å². The molecule has 138 valence electrons. The number of nitrogens with zero attached hydrogens (tertiary/aromatic N) is 1. The van der Waals surface area contributed by atoms with Crippen molar-refractivity contribution in [1.82, 2.24) is 0 Å². The Morgan fingerprint density at radius 1 is 1.00 bits per heavy atom. The summed E-state index contributed by atoms with van der Waals surface area (Å²) in [6.45, 7) is 1.76. The molecule has 0 unspecified atom stereocenters. The Kier molecular flexibility index (Phi) is 5.09. The molecule has 0 saturated carbocycles. The number of sulfonamides is 1. The van der Waals surface area contributed by atoms with Crippen molar-refractivity contribution in [1.29, 1.82) is 0 Å². The van der Waals surface area contributed by atoms with Crippen LogP contribution < -0.4 is 14.8 Å². The molecule has 27 heavy (non-hydrogen) atoms. The number of benzene rings is 2. The molecule has 0 atom stereocenters. The molecule has 3 rings (SSSR count). The summed E-state index contributed by atoms with van der Waals surface area (Å²) in [6, 6.07) is 15.7. The zero-order valence-electron chi connectivity index (χ0n) is 14.4. The summed E-state index contributed by atoms with van der Waals surface area (Å²) in [5, 5.41) is 13.7. The number of carbonyl (C=O) groups is 1. The summed E-state index contributed by atoms with van der Waals surface area (Å²) in [6.07, 6.45) is 2.45. The fourth-order valence-corrected chi connectivity index (χ4v) is 3.52. The van der Waals surface area contributed by atoms with Gasteiger partial charge in [-0.15, -0.1) is 0 Å². The maximum atomic E-state index is 12.5. The Morgan fingerprint density at radius 2 is 1.67 bits per heavy atom. The van der Waals surface area contributed by atoms with E-state index in [1.165, 1.54) is 36.7 Å². The number of aryl methyl sites for hydroxylation is 1. The van der Waals surface area contributed by atoms with E-state index in [9.17, 15) is 18.4 Å². The number of aromatic nitrogens is 1.